The minimum Gasteiger partial charge on any atom is -0.390 e. The maximum Gasteiger partial charge on any atom is 0.244 e. The molecule has 1 N–H and O–H groups in total. The lowest BCUT2D eigenvalue weighted by molar-refractivity contribution is -0.181. The number of likely N-dealkylation sites (tertiary alicyclic amines) is 1. The van der Waals surface area contributed by atoms with Gasteiger partial charge in [-0.2, -0.15) is 5.10 Å². The zero-order chi connectivity index (χ0) is 17.4. The van der Waals surface area contributed by atoms with Crippen LogP contribution in [0.5, 0.6) is 0 Å². The van der Waals surface area contributed by atoms with Crippen molar-refractivity contribution < 1.29 is 14.6 Å². The molecule has 1 unspecified atom stereocenters. The number of aliphatic hydroxyl groups is 1. The van der Waals surface area contributed by atoms with Crippen LogP contribution in [-0.4, -0.2) is 56.6 Å². The molecule has 2 fully saturated rings. The molecule has 3 rings (SSSR count). The summed E-state index contributed by atoms with van der Waals surface area (Å²) in [5.41, 5.74) is 1.09. The Balaban J connectivity index is 1.58. The Morgan fingerprint density at radius 1 is 1.33 bits per heavy atom. The van der Waals surface area contributed by atoms with E-state index in [1.165, 1.54) is 0 Å². The molecule has 3 heterocycles. The Hall–Kier alpha value is -1.40. The zero-order valence-electron chi connectivity index (χ0n) is 15.0. The summed E-state index contributed by atoms with van der Waals surface area (Å²) in [6.45, 7) is 8.24. The van der Waals surface area contributed by atoms with E-state index in [9.17, 15) is 9.90 Å². The summed E-state index contributed by atoms with van der Waals surface area (Å²) >= 11 is 0. The van der Waals surface area contributed by atoms with Gasteiger partial charge in [-0.15, -0.1) is 0 Å². The predicted octanol–water partition coefficient (Wildman–Crippen LogP) is 1.81. The Morgan fingerprint density at radius 3 is 2.62 bits per heavy atom. The van der Waals surface area contributed by atoms with Gasteiger partial charge in [0.25, 0.3) is 0 Å². The van der Waals surface area contributed by atoms with Crippen LogP contribution in [0.15, 0.2) is 6.07 Å². The fourth-order valence-electron chi connectivity index (χ4n) is 4.05. The molecule has 1 atom stereocenters. The number of carbonyl (C=O) groups is 1. The maximum absolute atomic E-state index is 12.6. The highest BCUT2D eigenvalue weighted by atomic mass is 16.5. The minimum absolute atomic E-state index is 0.109. The molecule has 0 saturated carbocycles. The van der Waals surface area contributed by atoms with Gasteiger partial charge in [-0.25, -0.2) is 0 Å². The second kappa shape index (κ2) is 6.48. The average molecular weight is 335 g/mol. The number of ether oxygens (including phenoxy) is 1. The number of nitrogens with zero attached hydrogens (tertiary/aromatic N) is 3. The standard InChI is InChI=1S/C18H29N3O3/c1-4-17(23)7-10-24-18(13-17)5-8-20(9-6-18)16(22)12-21-15(3)11-14(2)19-21/h11,23H,4-10,12-13H2,1-3H3. The molecule has 1 aromatic rings. The van der Waals surface area contributed by atoms with Gasteiger partial charge >= 0.3 is 0 Å². The second-order valence-corrected chi connectivity index (χ2v) is 7.50. The van der Waals surface area contributed by atoms with Crippen LogP contribution in [0.2, 0.25) is 0 Å². The van der Waals surface area contributed by atoms with Crippen molar-refractivity contribution in [3.8, 4) is 0 Å². The number of aryl methyl sites for hydroxylation is 2. The van der Waals surface area contributed by atoms with Gasteiger partial charge in [0.05, 0.1) is 23.5 Å². The largest absolute Gasteiger partial charge is 0.390 e. The van der Waals surface area contributed by atoms with E-state index in [4.69, 9.17) is 4.74 Å². The molecule has 0 aliphatic carbocycles. The Labute approximate surface area is 143 Å². The van der Waals surface area contributed by atoms with Crippen LogP contribution in [0.4, 0.5) is 0 Å². The molecule has 1 amide bonds. The van der Waals surface area contributed by atoms with Gasteiger partial charge in [0.15, 0.2) is 0 Å². The van der Waals surface area contributed by atoms with Crippen LogP contribution in [0.25, 0.3) is 0 Å². The van der Waals surface area contributed by atoms with E-state index in [0.29, 0.717) is 39.1 Å². The van der Waals surface area contributed by atoms with E-state index in [-0.39, 0.29) is 11.5 Å². The lowest BCUT2D eigenvalue weighted by atomic mass is 9.76. The van der Waals surface area contributed by atoms with Gasteiger partial charge in [-0.05, 0) is 45.6 Å². The highest BCUT2D eigenvalue weighted by Gasteiger charge is 2.46. The van der Waals surface area contributed by atoms with Crippen molar-refractivity contribution in [1.29, 1.82) is 0 Å². The summed E-state index contributed by atoms with van der Waals surface area (Å²) in [4.78, 5) is 14.5. The molecular weight excluding hydrogens is 306 g/mol. The SMILES string of the molecule is CCC1(O)CCOC2(CCN(C(=O)Cn3nc(C)cc3C)CC2)C1. The van der Waals surface area contributed by atoms with E-state index in [1.54, 1.807) is 4.68 Å². The topological polar surface area (TPSA) is 67.6 Å². The number of rotatable bonds is 3. The highest BCUT2D eigenvalue weighted by molar-refractivity contribution is 5.76. The lowest BCUT2D eigenvalue weighted by Crippen LogP contribution is -2.55. The van der Waals surface area contributed by atoms with Crippen molar-refractivity contribution in [1.82, 2.24) is 14.7 Å². The summed E-state index contributed by atoms with van der Waals surface area (Å²) in [5.74, 6) is 0.109. The van der Waals surface area contributed by atoms with Gasteiger partial charge in [-0.1, -0.05) is 6.92 Å². The van der Waals surface area contributed by atoms with Crippen molar-refractivity contribution in [2.75, 3.05) is 19.7 Å². The van der Waals surface area contributed by atoms with Gasteiger partial charge in [0, 0.05) is 25.2 Å². The number of carbonyl (C=O) groups excluding carboxylic acids is 1. The summed E-state index contributed by atoms with van der Waals surface area (Å²) < 4.78 is 7.83. The zero-order valence-corrected chi connectivity index (χ0v) is 15.0. The molecule has 1 spiro atoms. The van der Waals surface area contributed by atoms with Crippen molar-refractivity contribution >= 4 is 5.91 Å². The molecule has 0 bridgehead atoms. The van der Waals surface area contributed by atoms with Crippen LogP contribution in [-0.2, 0) is 16.1 Å². The van der Waals surface area contributed by atoms with Crippen LogP contribution < -0.4 is 0 Å². The van der Waals surface area contributed by atoms with E-state index >= 15 is 0 Å². The van der Waals surface area contributed by atoms with Crippen molar-refractivity contribution in [3.63, 3.8) is 0 Å². The molecule has 6 heteroatoms. The van der Waals surface area contributed by atoms with Crippen LogP contribution in [0.3, 0.4) is 0 Å². The first kappa shape index (κ1) is 17.4. The number of piperidine rings is 1. The van der Waals surface area contributed by atoms with E-state index in [0.717, 1.165) is 30.7 Å². The first-order valence-corrected chi connectivity index (χ1v) is 9.00. The van der Waals surface area contributed by atoms with Crippen molar-refractivity contribution in [2.45, 2.75) is 70.6 Å². The molecule has 134 valence electrons. The Bertz CT molecular complexity index is 605. The number of hydrogen-bond donors (Lipinski definition) is 1. The molecule has 0 aromatic carbocycles. The van der Waals surface area contributed by atoms with E-state index in [2.05, 4.69) is 5.10 Å². The number of hydrogen-bond acceptors (Lipinski definition) is 4. The first-order chi connectivity index (χ1) is 11.3. The third-order valence-electron chi connectivity index (χ3n) is 5.70. The smallest absolute Gasteiger partial charge is 0.244 e. The molecule has 2 saturated heterocycles. The van der Waals surface area contributed by atoms with Gasteiger partial charge in [0.2, 0.25) is 5.91 Å². The molecular formula is C18H29N3O3. The highest BCUT2D eigenvalue weighted by Crippen LogP contribution is 2.40. The molecule has 2 aliphatic rings. The molecule has 2 aliphatic heterocycles. The van der Waals surface area contributed by atoms with Crippen LogP contribution in [0, 0.1) is 13.8 Å². The summed E-state index contributed by atoms with van der Waals surface area (Å²) in [6, 6.07) is 1.99. The summed E-state index contributed by atoms with van der Waals surface area (Å²) in [7, 11) is 0. The summed E-state index contributed by atoms with van der Waals surface area (Å²) in [5, 5.41) is 15.0. The predicted molar refractivity (Wildman–Crippen MR) is 90.7 cm³/mol. The number of aromatic nitrogens is 2. The lowest BCUT2D eigenvalue weighted by Gasteiger charge is -2.49. The van der Waals surface area contributed by atoms with Crippen molar-refractivity contribution in [2.24, 2.45) is 0 Å². The Kier molecular flexibility index (Phi) is 4.71. The first-order valence-electron chi connectivity index (χ1n) is 9.00. The van der Waals surface area contributed by atoms with E-state index in [1.807, 2.05) is 31.7 Å². The molecule has 1 aromatic heterocycles. The molecule has 0 radical (unpaired) electrons. The normalized spacial score (nSPS) is 26.8. The monoisotopic (exact) mass is 335 g/mol. The van der Waals surface area contributed by atoms with E-state index < -0.39 is 5.60 Å². The van der Waals surface area contributed by atoms with Gasteiger partial charge in [-0.3, -0.25) is 9.48 Å². The molecule has 24 heavy (non-hydrogen) atoms. The summed E-state index contributed by atoms with van der Waals surface area (Å²) in [6.07, 6.45) is 3.77. The van der Waals surface area contributed by atoms with Crippen LogP contribution in [0.1, 0.15) is 50.4 Å². The fourth-order valence-corrected chi connectivity index (χ4v) is 4.05. The van der Waals surface area contributed by atoms with Gasteiger partial charge in [0.1, 0.15) is 6.54 Å². The van der Waals surface area contributed by atoms with Crippen molar-refractivity contribution in [3.05, 3.63) is 17.5 Å². The van der Waals surface area contributed by atoms with Gasteiger partial charge < -0.3 is 14.7 Å². The third-order valence-corrected chi connectivity index (χ3v) is 5.70. The second-order valence-electron chi connectivity index (χ2n) is 7.50. The minimum atomic E-state index is -0.603. The molecule has 6 nitrogen and oxygen atoms in total. The Morgan fingerprint density at radius 2 is 2.04 bits per heavy atom. The third kappa shape index (κ3) is 3.49. The number of amides is 1. The van der Waals surface area contributed by atoms with Crippen LogP contribution >= 0.6 is 0 Å². The maximum atomic E-state index is 12.6. The quantitative estimate of drug-likeness (QED) is 0.915. The fraction of sp³-hybridized carbons (Fsp3) is 0.778. The average Bonchev–Trinajstić information content (AvgIpc) is 2.85.